The van der Waals surface area contributed by atoms with Gasteiger partial charge in [-0.25, -0.2) is 0 Å². The number of carbonyl (C=O) groups excluding carboxylic acids is 2. The molecule has 0 aromatic heterocycles. The van der Waals surface area contributed by atoms with Gasteiger partial charge in [-0.05, 0) is 16.3 Å². The van der Waals surface area contributed by atoms with Crippen LogP contribution in [0.2, 0.25) is 0 Å². The van der Waals surface area contributed by atoms with Gasteiger partial charge in [-0.1, -0.05) is 42.5 Å². The van der Waals surface area contributed by atoms with Crippen LogP contribution in [0.4, 0.5) is 0 Å². The van der Waals surface area contributed by atoms with Crippen LogP contribution in [-0.4, -0.2) is 11.8 Å². The van der Waals surface area contributed by atoms with Crippen molar-refractivity contribution in [3.8, 4) is 6.07 Å². The Balaban J connectivity index is 2.16. The average Bonchev–Trinajstić information content (AvgIpc) is 2.46. The Morgan fingerprint density at radius 3 is 2.65 bits per heavy atom. The second-order valence-electron chi connectivity index (χ2n) is 4.90. The molecule has 2 unspecified atom stereocenters. The van der Waals surface area contributed by atoms with Crippen LogP contribution in [0, 0.1) is 17.2 Å². The molecule has 20 heavy (non-hydrogen) atoms. The first-order valence-electron chi connectivity index (χ1n) is 6.41. The summed E-state index contributed by atoms with van der Waals surface area (Å²) in [6.45, 7) is 0. The first-order valence-corrected chi connectivity index (χ1v) is 6.41. The largest absolute Gasteiger partial charge is 0.295 e. The summed E-state index contributed by atoms with van der Waals surface area (Å²) in [7, 11) is 0. The lowest BCUT2D eigenvalue weighted by atomic mass is 9.79. The highest BCUT2D eigenvalue weighted by atomic mass is 16.2. The van der Waals surface area contributed by atoms with Gasteiger partial charge in [0.25, 0.3) is 0 Å². The van der Waals surface area contributed by atoms with Gasteiger partial charge >= 0.3 is 0 Å². The van der Waals surface area contributed by atoms with E-state index in [1.807, 2.05) is 48.5 Å². The van der Waals surface area contributed by atoms with E-state index in [0.717, 1.165) is 16.3 Å². The molecule has 4 heteroatoms. The molecule has 3 rings (SSSR count). The molecule has 1 fully saturated rings. The summed E-state index contributed by atoms with van der Waals surface area (Å²) in [6.07, 6.45) is 0.165. The molecule has 1 heterocycles. The number of nitrogens with one attached hydrogen (secondary N) is 1. The maximum absolute atomic E-state index is 11.8. The molecule has 4 nitrogen and oxygen atoms in total. The fraction of sp³-hybridized carbons (Fsp3) is 0.188. The predicted molar refractivity (Wildman–Crippen MR) is 73.6 cm³/mol. The van der Waals surface area contributed by atoms with E-state index in [4.69, 9.17) is 0 Å². The monoisotopic (exact) mass is 264 g/mol. The summed E-state index contributed by atoms with van der Waals surface area (Å²) in [5.41, 5.74) is 0.887. The zero-order valence-corrected chi connectivity index (χ0v) is 10.7. The van der Waals surface area contributed by atoms with E-state index in [0.29, 0.717) is 0 Å². The molecule has 1 aliphatic rings. The number of imide groups is 1. The maximum atomic E-state index is 11.8. The molecule has 2 aromatic rings. The average molecular weight is 264 g/mol. The van der Waals surface area contributed by atoms with Crippen molar-refractivity contribution in [2.75, 3.05) is 0 Å². The van der Waals surface area contributed by atoms with Gasteiger partial charge in [-0.2, -0.15) is 5.26 Å². The van der Waals surface area contributed by atoms with Crippen LogP contribution >= 0.6 is 0 Å². The summed E-state index contributed by atoms with van der Waals surface area (Å²) < 4.78 is 0. The number of amides is 2. The SMILES string of the molecule is N#CC1C(=O)NC(=O)CC1c1cccc2ccccc12. The van der Waals surface area contributed by atoms with Crippen molar-refractivity contribution in [2.24, 2.45) is 5.92 Å². The topological polar surface area (TPSA) is 70.0 Å². The Morgan fingerprint density at radius 2 is 1.85 bits per heavy atom. The molecule has 1 saturated heterocycles. The van der Waals surface area contributed by atoms with E-state index in [9.17, 15) is 14.9 Å². The zero-order valence-electron chi connectivity index (χ0n) is 10.7. The van der Waals surface area contributed by atoms with Crippen molar-refractivity contribution in [3.05, 3.63) is 48.0 Å². The van der Waals surface area contributed by atoms with Crippen LogP contribution in [0.25, 0.3) is 10.8 Å². The number of benzene rings is 2. The Kier molecular flexibility index (Phi) is 2.96. The van der Waals surface area contributed by atoms with E-state index >= 15 is 0 Å². The van der Waals surface area contributed by atoms with E-state index in [1.165, 1.54) is 0 Å². The molecule has 0 spiro atoms. The molecule has 0 aliphatic carbocycles. The van der Waals surface area contributed by atoms with Crippen molar-refractivity contribution in [1.82, 2.24) is 5.32 Å². The normalized spacial score (nSPS) is 22.4. The van der Waals surface area contributed by atoms with Crippen LogP contribution in [0.5, 0.6) is 0 Å². The highest BCUT2D eigenvalue weighted by Crippen LogP contribution is 2.35. The number of rotatable bonds is 1. The number of carbonyl (C=O) groups is 2. The highest BCUT2D eigenvalue weighted by Gasteiger charge is 2.37. The molecule has 0 bridgehead atoms. The van der Waals surface area contributed by atoms with Crippen molar-refractivity contribution in [1.29, 1.82) is 5.26 Å². The van der Waals surface area contributed by atoms with Gasteiger partial charge in [-0.15, -0.1) is 0 Å². The minimum atomic E-state index is -0.821. The number of nitrogens with zero attached hydrogens (tertiary/aromatic N) is 1. The van der Waals surface area contributed by atoms with Gasteiger partial charge in [0.15, 0.2) is 0 Å². The first kappa shape index (κ1) is 12.4. The van der Waals surface area contributed by atoms with Crippen molar-refractivity contribution >= 4 is 22.6 Å². The fourth-order valence-corrected chi connectivity index (χ4v) is 2.78. The molecule has 0 radical (unpaired) electrons. The lowest BCUT2D eigenvalue weighted by molar-refractivity contribution is -0.135. The first-order chi connectivity index (χ1) is 9.70. The lowest BCUT2D eigenvalue weighted by Gasteiger charge is -2.26. The molecular formula is C16H12N2O2. The van der Waals surface area contributed by atoms with Gasteiger partial charge in [-0.3, -0.25) is 14.9 Å². The smallest absolute Gasteiger partial charge is 0.244 e. The molecule has 0 saturated carbocycles. The van der Waals surface area contributed by atoms with Crippen LogP contribution in [0.1, 0.15) is 17.9 Å². The molecule has 2 aromatic carbocycles. The van der Waals surface area contributed by atoms with Crippen LogP contribution < -0.4 is 5.32 Å². The number of nitriles is 1. The quantitative estimate of drug-likeness (QED) is 0.802. The highest BCUT2D eigenvalue weighted by molar-refractivity contribution is 6.01. The third-order valence-electron chi connectivity index (χ3n) is 3.71. The minimum Gasteiger partial charge on any atom is -0.295 e. The summed E-state index contributed by atoms with van der Waals surface area (Å²) in [5, 5.41) is 13.5. The Morgan fingerprint density at radius 1 is 1.10 bits per heavy atom. The third-order valence-corrected chi connectivity index (χ3v) is 3.71. The third kappa shape index (κ3) is 1.94. The van der Waals surface area contributed by atoms with Crippen molar-refractivity contribution in [3.63, 3.8) is 0 Å². The standard InChI is InChI=1S/C16H12N2O2/c17-9-14-13(8-15(19)18-16(14)20)12-7-3-5-10-4-1-2-6-11(10)12/h1-7,13-14H,8H2,(H,18,19,20). The molecular weight excluding hydrogens is 252 g/mol. The number of fused-ring (bicyclic) bond motifs is 1. The van der Waals surface area contributed by atoms with Gasteiger partial charge in [0.1, 0.15) is 5.92 Å². The second-order valence-corrected chi connectivity index (χ2v) is 4.90. The molecule has 1 N–H and O–H groups in total. The second kappa shape index (κ2) is 4.78. The summed E-state index contributed by atoms with van der Waals surface area (Å²) in [6, 6.07) is 15.6. The number of hydrogen-bond acceptors (Lipinski definition) is 3. The van der Waals surface area contributed by atoms with Gasteiger partial charge < -0.3 is 0 Å². The van der Waals surface area contributed by atoms with Crippen LogP contribution in [-0.2, 0) is 9.59 Å². The number of piperidine rings is 1. The Hall–Kier alpha value is -2.67. The van der Waals surface area contributed by atoms with Gasteiger partial charge in [0.05, 0.1) is 6.07 Å². The Labute approximate surface area is 116 Å². The number of hydrogen-bond donors (Lipinski definition) is 1. The minimum absolute atomic E-state index is 0.165. The van der Waals surface area contributed by atoms with E-state index < -0.39 is 11.8 Å². The Bertz CT molecular complexity index is 740. The van der Waals surface area contributed by atoms with Crippen molar-refractivity contribution in [2.45, 2.75) is 12.3 Å². The van der Waals surface area contributed by atoms with Gasteiger partial charge in [0, 0.05) is 12.3 Å². The molecule has 2 atom stereocenters. The summed E-state index contributed by atoms with van der Waals surface area (Å²) in [4.78, 5) is 23.4. The van der Waals surface area contributed by atoms with Gasteiger partial charge in [0.2, 0.25) is 11.8 Å². The van der Waals surface area contributed by atoms with Crippen molar-refractivity contribution < 1.29 is 9.59 Å². The molecule has 2 amide bonds. The van der Waals surface area contributed by atoms with E-state index in [2.05, 4.69) is 5.32 Å². The zero-order chi connectivity index (χ0) is 14.1. The van der Waals surface area contributed by atoms with E-state index in [-0.39, 0.29) is 18.2 Å². The van der Waals surface area contributed by atoms with E-state index in [1.54, 1.807) is 0 Å². The summed E-state index contributed by atoms with van der Waals surface area (Å²) >= 11 is 0. The lowest BCUT2D eigenvalue weighted by Crippen LogP contribution is -2.44. The van der Waals surface area contributed by atoms with Crippen LogP contribution in [0.3, 0.4) is 0 Å². The maximum Gasteiger partial charge on any atom is 0.244 e. The van der Waals surface area contributed by atoms with Crippen LogP contribution in [0.15, 0.2) is 42.5 Å². The fourth-order valence-electron chi connectivity index (χ4n) is 2.78. The molecule has 1 aliphatic heterocycles. The summed E-state index contributed by atoms with van der Waals surface area (Å²) in [5.74, 6) is -2.02. The predicted octanol–water partition coefficient (Wildman–Crippen LogP) is 2.11. The molecule has 98 valence electrons.